The molecule has 4 rings (SSSR count). The second kappa shape index (κ2) is 7.70. The van der Waals surface area contributed by atoms with Crippen LogP contribution >= 0.6 is 0 Å². The molecule has 1 spiro atoms. The van der Waals surface area contributed by atoms with Crippen molar-refractivity contribution in [2.45, 2.75) is 31.4 Å². The van der Waals surface area contributed by atoms with Crippen LogP contribution < -0.4 is 0 Å². The van der Waals surface area contributed by atoms with Crippen LogP contribution in [0.25, 0.3) is 0 Å². The molecular formula is C20H29FN2O2. The first kappa shape index (κ1) is 17.4. The third-order valence-electron chi connectivity index (χ3n) is 5.75. The maximum Gasteiger partial charge on any atom is 0.123 e. The highest BCUT2D eigenvalue weighted by Crippen LogP contribution is 2.34. The summed E-state index contributed by atoms with van der Waals surface area (Å²) in [4.78, 5) is 4.99. The Labute approximate surface area is 149 Å². The van der Waals surface area contributed by atoms with Crippen LogP contribution in [-0.4, -0.2) is 67.9 Å². The lowest BCUT2D eigenvalue weighted by molar-refractivity contribution is -0.0563. The molecule has 0 aromatic heterocycles. The second-order valence-electron chi connectivity index (χ2n) is 7.96. The molecule has 138 valence electrons. The van der Waals surface area contributed by atoms with Gasteiger partial charge in [0.15, 0.2) is 0 Å². The summed E-state index contributed by atoms with van der Waals surface area (Å²) < 4.78 is 25.3. The van der Waals surface area contributed by atoms with Gasteiger partial charge < -0.3 is 14.4 Å². The maximum absolute atomic E-state index is 13.1. The molecule has 3 aliphatic rings. The number of nitrogens with zero attached hydrogens (tertiary/aromatic N) is 2. The second-order valence-corrected chi connectivity index (χ2v) is 7.96. The lowest BCUT2D eigenvalue weighted by Crippen LogP contribution is -2.44. The topological polar surface area (TPSA) is 24.9 Å². The van der Waals surface area contributed by atoms with Crippen molar-refractivity contribution in [3.8, 4) is 0 Å². The fourth-order valence-electron chi connectivity index (χ4n) is 4.56. The van der Waals surface area contributed by atoms with E-state index in [0.717, 1.165) is 44.8 Å². The zero-order valence-electron chi connectivity index (χ0n) is 15.0. The van der Waals surface area contributed by atoms with Crippen molar-refractivity contribution in [1.82, 2.24) is 9.80 Å². The van der Waals surface area contributed by atoms with Gasteiger partial charge in [-0.2, -0.15) is 0 Å². The highest BCUT2D eigenvalue weighted by atomic mass is 19.1. The normalized spacial score (nSPS) is 31.6. The van der Waals surface area contributed by atoms with E-state index in [9.17, 15) is 4.39 Å². The van der Waals surface area contributed by atoms with E-state index in [1.54, 1.807) is 0 Å². The molecule has 5 heteroatoms. The van der Waals surface area contributed by atoms with Crippen LogP contribution in [0.3, 0.4) is 0 Å². The van der Waals surface area contributed by atoms with E-state index < -0.39 is 0 Å². The lowest BCUT2D eigenvalue weighted by atomic mass is 9.93. The van der Waals surface area contributed by atoms with Gasteiger partial charge >= 0.3 is 0 Å². The average molecular weight is 348 g/mol. The molecule has 3 saturated heterocycles. The van der Waals surface area contributed by atoms with Gasteiger partial charge in [0.05, 0.1) is 19.8 Å². The fraction of sp³-hybridized carbons (Fsp3) is 0.700. The van der Waals surface area contributed by atoms with Crippen molar-refractivity contribution in [2.24, 2.45) is 5.92 Å². The van der Waals surface area contributed by atoms with Crippen molar-refractivity contribution in [3.05, 3.63) is 35.6 Å². The summed E-state index contributed by atoms with van der Waals surface area (Å²) in [5, 5.41) is 0. The number of hydrogen-bond donors (Lipinski definition) is 0. The van der Waals surface area contributed by atoms with Crippen LogP contribution in [0, 0.1) is 11.7 Å². The summed E-state index contributed by atoms with van der Waals surface area (Å²) in [6.45, 7) is 8.58. The van der Waals surface area contributed by atoms with Crippen molar-refractivity contribution < 1.29 is 13.9 Å². The molecule has 2 unspecified atom stereocenters. The largest absolute Gasteiger partial charge is 0.377 e. The first-order valence-corrected chi connectivity index (χ1v) is 9.62. The molecule has 1 aromatic rings. The minimum Gasteiger partial charge on any atom is -0.377 e. The Bertz CT molecular complexity index is 561. The molecule has 0 amide bonds. The highest BCUT2D eigenvalue weighted by Gasteiger charge is 2.43. The smallest absolute Gasteiger partial charge is 0.123 e. The van der Waals surface area contributed by atoms with E-state index in [1.165, 1.54) is 44.6 Å². The minimum atomic E-state index is -0.177. The summed E-state index contributed by atoms with van der Waals surface area (Å²) in [6, 6.07) is 6.83. The third kappa shape index (κ3) is 4.40. The van der Waals surface area contributed by atoms with Crippen molar-refractivity contribution in [3.63, 3.8) is 0 Å². The molecule has 4 nitrogen and oxygen atoms in total. The van der Waals surface area contributed by atoms with Gasteiger partial charge in [-0.1, -0.05) is 12.1 Å². The summed E-state index contributed by atoms with van der Waals surface area (Å²) in [5.74, 6) is 0.441. The Hall–Kier alpha value is -1.01. The SMILES string of the molecule is Fc1ccc(CN2CCOCC3(CC(CN4CCCC4)CO3)C2)cc1. The number of halogens is 1. The Morgan fingerprint density at radius 3 is 2.68 bits per heavy atom. The van der Waals surface area contributed by atoms with E-state index in [2.05, 4.69) is 9.80 Å². The number of rotatable bonds is 4. The number of benzene rings is 1. The van der Waals surface area contributed by atoms with E-state index in [1.807, 2.05) is 12.1 Å². The predicted octanol–water partition coefficient (Wildman–Crippen LogP) is 2.53. The van der Waals surface area contributed by atoms with Crippen LogP contribution in [-0.2, 0) is 16.0 Å². The minimum absolute atomic E-state index is 0.166. The van der Waals surface area contributed by atoms with Crippen LogP contribution in [0.1, 0.15) is 24.8 Å². The van der Waals surface area contributed by atoms with E-state index >= 15 is 0 Å². The molecule has 3 aliphatic heterocycles. The zero-order chi connectivity index (χ0) is 17.1. The van der Waals surface area contributed by atoms with Gasteiger partial charge in [-0.05, 0) is 56.0 Å². The van der Waals surface area contributed by atoms with Crippen LogP contribution in [0.4, 0.5) is 4.39 Å². The Kier molecular flexibility index (Phi) is 5.36. The molecule has 0 aliphatic carbocycles. The van der Waals surface area contributed by atoms with Gasteiger partial charge in [0.2, 0.25) is 0 Å². The van der Waals surface area contributed by atoms with Crippen LogP contribution in [0.5, 0.6) is 0 Å². The molecule has 0 N–H and O–H groups in total. The van der Waals surface area contributed by atoms with Crippen molar-refractivity contribution in [2.75, 3.05) is 52.5 Å². The van der Waals surface area contributed by atoms with Gasteiger partial charge in [0, 0.05) is 26.2 Å². The maximum atomic E-state index is 13.1. The fourth-order valence-corrected chi connectivity index (χ4v) is 4.56. The quantitative estimate of drug-likeness (QED) is 0.835. The van der Waals surface area contributed by atoms with Gasteiger partial charge in [0.25, 0.3) is 0 Å². The average Bonchev–Trinajstić information content (AvgIpc) is 3.20. The van der Waals surface area contributed by atoms with Gasteiger partial charge in [-0.25, -0.2) is 4.39 Å². The third-order valence-corrected chi connectivity index (χ3v) is 5.75. The molecule has 0 bridgehead atoms. The van der Waals surface area contributed by atoms with E-state index in [4.69, 9.17) is 9.47 Å². The Morgan fingerprint density at radius 2 is 1.88 bits per heavy atom. The predicted molar refractivity (Wildman–Crippen MR) is 95.0 cm³/mol. The molecule has 0 saturated carbocycles. The van der Waals surface area contributed by atoms with E-state index in [-0.39, 0.29) is 11.4 Å². The number of hydrogen-bond acceptors (Lipinski definition) is 4. The first-order chi connectivity index (χ1) is 12.2. The summed E-state index contributed by atoms with van der Waals surface area (Å²) in [5.41, 5.74) is 0.978. The molecule has 1 aromatic carbocycles. The molecule has 3 fully saturated rings. The molecule has 2 atom stereocenters. The highest BCUT2D eigenvalue weighted by molar-refractivity contribution is 5.16. The summed E-state index contributed by atoms with van der Waals surface area (Å²) in [6.07, 6.45) is 3.77. The molecule has 3 heterocycles. The number of likely N-dealkylation sites (tertiary alicyclic amines) is 1. The van der Waals surface area contributed by atoms with Gasteiger partial charge in [-0.3, -0.25) is 4.90 Å². The first-order valence-electron chi connectivity index (χ1n) is 9.62. The standard InChI is InChI=1S/C20H29FN2O2/c21-19-5-3-17(4-6-19)12-23-9-10-24-16-20(15-23)11-18(14-25-20)13-22-7-1-2-8-22/h3-6,18H,1-2,7-16H2. The lowest BCUT2D eigenvalue weighted by Gasteiger charge is -2.31. The van der Waals surface area contributed by atoms with Crippen molar-refractivity contribution in [1.29, 1.82) is 0 Å². The Morgan fingerprint density at radius 1 is 1.08 bits per heavy atom. The summed E-state index contributed by atoms with van der Waals surface area (Å²) >= 11 is 0. The monoisotopic (exact) mass is 348 g/mol. The summed E-state index contributed by atoms with van der Waals surface area (Å²) in [7, 11) is 0. The molecule has 0 radical (unpaired) electrons. The van der Waals surface area contributed by atoms with E-state index in [0.29, 0.717) is 12.5 Å². The van der Waals surface area contributed by atoms with Gasteiger partial charge in [0.1, 0.15) is 11.4 Å². The van der Waals surface area contributed by atoms with Crippen molar-refractivity contribution >= 4 is 0 Å². The zero-order valence-corrected chi connectivity index (χ0v) is 15.0. The van der Waals surface area contributed by atoms with Crippen LogP contribution in [0.2, 0.25) is 0 Å². The molecular weight excluding hydrogens is 319 g/mol. The van der Waals surface area contributed by atoms with Crippen LogP contribution in [0.15, 0.2) is 24.3 Å². The Balaban J connectivity index is 1.36. The molecule has 25 heavy (non-hydrogen) atoms. The number of ether oxygens (including phenoxy) is 2. The van der Waals surface area contributed by atoms with Gasteiger partial charge in [-0.15, -0.1) is 0 Å².